The summed E-state index contributed by atoms with van der Waals surface area (Å²) in [6, 6.07) is 12.9. The molecular formula is C21H19F3N4O3S2. The third-order valence-corrected chi connectivity index (χ3v) is 7.01. The van der Waals surface area contributed by atoms with E-state index in [0.29, 0.717) is 35.5 Å². The van der Waals surface area contributed by atoms with Crippen LogP contribution >= 0.6 is 11.8 Å². The van der Waals surface area contributed by atoms with E-state index in [1.165, 1.54) is 29.3 Å². The van der Waals surface area contributed by atoms with Crippen LogP contribution in [-0.4, -0.2) is 42.3 Å². The van der Waals surface area contributed by atoms with E-state index in [4.69, 9.17) is 5.14 Å². The van der Waals surface area contributed by atoms with Gasteiger partial charge in [0.2, 0.25) is 15.9 Å². The molecule has 12 heteroatoms. The Bertz CT molecular complexity index is 1290. The predicted octanol–water partition coefficient (Wildman–Crippen LogP) is 3.44. The fourth-order valence-electron chi connectivity index (χ4n) is 3.66. The molecule has 1 aliphatic heterocycles. The SMILES string of the molecule is NS(=O)(=O)c1ccc2c(c1)CCN2C(=O)CSc1ncc(-c2ccccc2)n1CC(F)(F)F. The maximum absolute atomic E-state index is 13.2. The number of fused-ring (bicyclic) bond motifs is 1. The molecule has 0 spiro atoms. The molecule has 0 saturated heterocycles. The first-order valence-electron chi connectivity index (χ1n) is 9.79. The van der Waals surface area contributed by atoms with Gasteiger partial charge in [0.15, 0.2) is 5.16 Å². The molecule has 0 saturated carbocycles. The lowest BCUT2D eigenvalue weighted by Crippen LogP contribution is -2.30. The van der Waals surface area contributed by atoms with Crippen molar-refractivity contribution in [2.24, 2.45) is 5.14 Å². The molecule has 0 bridgehead atoms. The number of primary sulfonamides is 1. The number of amides is 1. The molecule has 174 valence electrons. The molecule has 3 aromatic rings. The Morgan fingerprint density at radius 1 is 1.15 bits per heavy atom. The minimum atomic E-state index is -4.46. The second kappa shape index (κ2) is 8.84. The smallest absolute Gasteiger partial charge is 0.311 e. The van der Waals surface area contributed by atoms with Crippen molar-refractivity contribution in [2.75, 3.05) is 17.2 Å². The summed E-state index contributed by atoms with van der Waals surface area (Å²) in [6.45, 7) is -0.883. The normalized spacial score (nSPS) is 13.9. The third kappa shape index (κ3) is 5.23. The second-order valence-corrected chi connectivity index (χ2v) is 9.92. The fourth-order valence-corrected chi connectivity index (χ4v) is 5.08. The van der Waals surface area contributed by atoms with Crippen molar-refractivity contribution in [3.63, 3.8) is 0 Å². The van der Waals surface area contributed by atoms with Gasteiger partial charge >= 0.3 is 6.18 Å². The van der Waals surface area contributed by atoms with Crippen LogP contribution in [0.2, 0.25) is 0 Å². The third-order valence-electron chi connectivity index (χ3n) is 5.13. The average Bonchev–Trinajstić information content (AvgIpc) is 3.34. The number of hydrogen-bond donors (Lipinski definition) is 1. The zero-order chi connectivity index (χ0) is 23.8. The number of imidazole rings is 1. The molecule has 0 atom stereocenters. The molecule has 2 aromatic carbocycles. The highest BCUT2D eigenvalue weighted by Gasteiger charge is 2.31. The van der Waals surface area contributed by atoms with Gasteiger partial charge in [-0.15, -0.1) is 0 Å². The van der Waals surface area contributed by atoms with Crippen LogP contribution in [0, 0.1) is 0 Å². The van der Waals surface area contributed by atoms with Gasteiger partial charge in [-0.1, -0.05) is 42.1 Å². The maximum Gasteiger partial charge on any atom is 0.406 e. The number of carbonyl (C=O) groups is 1. The molecule has 0 aliphatic carbocycles. The minimum Gasteiger partial charge on any atom is -0.311 e. The Hall–Kier alpha value is -2.83. The van der Waals surface area contributed by atoms with E-state index in [0.717, 1.165) is 16.3 Å². The van der Waals surface area contributed by atoms with Crippen molar-refractivity contribution in [1.29, 1.82) is 0 Å². The maximum atomic E-state index is 13.2. The Morgan fingerprint density at radius 3 is 2.55 bits per heavy atom. The van der Waals surface area contributed by atoms with Gasteiger partial charge in [0.1, 0.15) is 6.54 Å². The highest BCUT2D eigenvalue weighted by atomic mass is 32.2. The molecule has 1 aliphatic rings. The summed E-state index contributed by atoms with van der Waals surface area (Å²) in [6.07, 6.45) is -2.64. The van der Waals surface area contributed by atoms with Crippen LogP contribution in [0.15, 0.2) is 64.8 Å². The molecule has 2 N–H and O–H groups in total. The van der Waals surface area contributed by atoms with Crippen LogP contribution < -0.4 is 10.0 Å². The van der Waals surface area contributed by atoms with Gasteiger partial charge in [-0.25, -0.2) is 18.5 Å². The molecule has 1 aromatic heterocycles. The summed E-state index contributed by atoms with van der Waals surface area (Å²) >= 11 is 0.925. The first kappa shape index (κ1) is 23.3. The highest BCUT2D eigenvalue weighted by molar-refractivity contribution is 7.99. The van der Waals surface area contributed by atoms with Crippen molar-refractivity contribution in [1.82, 2.24) is 9.55 Å². The van der Waals surface area contributed by atoms with Crippen LogP contribution in [0.1, 0.15) is 5.56 Å². The Labute approximate surface area is 192 Å². The summed E-state index contributed by atoms with van der Waals surface area (Å²) < 4.78 is 63.9. The summed E-state index contributed by atoms with van der Waals surface area (Å²) in [5.41, 5.74) is 2.14. The molecular weight excluding hydrogens is 477 g/mol. The number of anilines is 1. The Morgan fingerprint density at radius 2 is 1.88 bits per heavy atom. The average molecular weight is 497 g/mol. The molecule has 0 radical (unpaired) electrons. The van der Waals surface area contributed by atoms with Gasteiger partial charge < -0.3 is 9.47 Å². The lowest BCUT2D eigenvalue weighted by atomic mass is 10.2. The number of nitrogens with zero attached hydrogens (tertiary/aromatic N) is 3. The molecule has 2 heterocycles. The van der Waals surface area contributed by atoms with E-state index in [9.17, 15) is 26.4 Å². The first-order valence-corrected chi connectivity index (χ1v) is 12.3. The molecule has 7 nitrogen and oxygen atoms in total. The quantitative estimate of drug-likeness (QED) is 0.527. The summed E-state index contributed by atoms with van der Waals surface area (Å²) in [4.78, 5) is 18.4. The predicted molar refractivity (Wildman–Crippen MR) is 118 cm³/mol. The van der Waals surface area contributed by atoms with Gasteiger partial charge in [0.25, 0.3) is 0 Å². The highest BCUT2D eigenvalue weighted by Crippen LogP contribution is 2.33. The largest absolute Gasteiger partial charge is 0.406 e. The fraction of sp³-hybridized carbons (Fsp3) is 0.238. The van der Waals surface area contributed by atoms with E-state index < -0.39 is 22.7 Å². The topological polar surface area (TPSA) is 98.3 Å². The number of halogens is 3. The van der Waals surface area contributed by atoms with Crippen molar-refractivity contribution >= 4 is 33.4 Å². The van der Waals surface area contributed by atoms with E-state index >= 15 is 0 Å². The number of aromatic nitrogens is 2. The first-order chi connectivity index (χ1) is 15.5. The molecule has 1 amide bonds. The van der Waals surface area contributed by atoms with Crippen molar-refractivity contribution < 1.29 is 26.4 Å². The Balaban J connectivity index is 1.53. The molecule has 0 unspecified atom stereocenters. The lowest BCUT2D eigenvalue weighted by molar-refractivity contribution is -0.141. The zero-order valence-corrected chi connectivity index (χ0v) is 18.8. The van der Waals surface area contributed by atoms with E-state index in [2.05, 4.69) is 4.98 Å². The summed E-state index contributed by atoms with van der Waals surface area (Å²) in [5, 5.41) is 5.24. The van der Waals surface area contributed by atoms with Crippen molar-refractivity contribution in [2.45, 2.75) is 29.2 Å². The standard InChI is InChI=1S/C21H19F3N4O3S2/c22-21(23,24)13-28-18(14-4-2-1-3-5-14)11-26-20(28)32-12-19(29)27-9-8-15-10-16(33(25,30)31)6-7-17(15)27/h1-7,10-11H,8-9,12-13H2,(H2,25,30,31). The van der Waals surface area contributed by atoms with Crippen LogP contribution in [0.3, 0.4) is 0 Å². The minimum absolute atomic E-state index is 0.0347. The van der Waals surface area contributed by atoms with Crippen LogP contribution in [0.4, 0.5) is 18.9 Å². The van der Waals surface area contributed by atoms with E-state index in [-0.39, 0.29) is 21.7 Å². The van der Waals surface area contributed by atoms with E-state index in [1.54, 1.807) is 30.3 Å². The van der Waals surface area contributed by atoms with E-state index in [1.807, 2.05) is 0 Å². The lowest BCUT2D eigenvalue weighted by Gasteiger charge is -2.18. The van der Waals surface area contributed by atoms with Crippen LogP contribution in [-0.2, 0) is 27.8 Å². The van der Waals surface area contributed by atoms with Gasteiger partial charge in [0, 0.05) is 12.2 Å². The number of nitrogens with two attached hydrogens (primary N) is 1. The van der Waals surface area contributed by atoms with Crippen molar-refractivity contribution in [3.05, 3.63) is 60.3 Å². The molecule has 4 rings (SSSR count). The van der Waals surface area contributed by atoms with Gasteiger partial charge in [-0.05, 0) is 35.7 Å². The van der Waals surface area contributed by atoms with Crippen LogP contribution in [0.25, 0.3) is 11.3 Å². The summed E-state index contributed by atoms with van der Waals surface area (Å²) in [5.74, 6) is -0.440. The number of rotatable bonds is 6. The number of sulfonamides is 1. The van der Waals surface area contributed by atoms with Gasteiger partial charge in [-0.2, -0.15) is 13.2 Å². The molecule has 33 heavy (non-hydrogen) atoms. The number of carbonyl (C=O) groups excluding carboxylic acids is 1. The zero-order valence-electron chi connectivity index (χ0n) is 17.1. The van der Waals surface area contributed by atoms with Crippen LogP contribution in [0.5, 0.6) is 0 Å². The monoisotopic (exact) mass is 496 g/mol. The number of thioether (sulfide) groups is 1. The molecule has 0 fully saturated rings. The van der Waals surface area contributed by atoms with Gasteiger partial charge in [0.05, 0.1) is 22.5 Å². The second-order valence-electron chi connectivity index (χ2n) is 7.41. The van der Waals surface area contributed by atoms with Gasteiger partial charge in [-0.3, -0.25) is 4.79 Å². The summed E-state index contributed by atoms with van der Waals surface area (Å²) in [7, 11) is -3.86. The number of alkyl halides is 3. The van der Waals surface area contributed by atoms with Crippen molar-refractivity contribution in [3.8, 4) is 11.3 Å². The number of benzene rings is 2. The Kier molecular flexibility index (Phi) is 6.25. The number of hydrogen-bond acceptors (Lipinski definition) is 5.